The second-order valence-electron chi connectivity index (χ2n) is 4.72. The summed E-state index contributed by atoms with van der Waals surface area (Å²) in [6.07, 6.45) is 1.33. The minimum absolute atomic E-state index is 0.0208. The van der Waals surface area contributed by atoms with Crippen LogP contribution >= 0.6 is 11.6 Å². The van der Waals surface area contributed by atoms with E-state index in [2.05, 4.69) is 4.98 Å². The Balaban J connectivity index is 2.47. The summed E-state index contributed by atoms with van der Waals surface area (Å²) in [6, 6.07) is 3.72. The van der Waals surface area contributed by atoms with Gasteiger partial charge in [-0.3, -0.25) is 0 Å². The molecule has 2 rings (SSSR count). The van der Waals surface area contributed by atoms with E-state index in [4.69, 9.17) is 15.8 Å². The molecule has 0 bridgehead atoms. The molecule has 0 radical (unpaired) electrons. The third-order valence-electron chi connectivity index (χ3n) is 2.87. The highest BCUT2D eigenvalue weighted by Gasteiger charge is 2.26. The van der Waals surface area contributed by atoms with Crippen molar-refractivity contribution in [2.45, 2.75) is 25.8 Å². The van der Waals surface area contributed by atoms with E-state index in [1.807, 2.05) is 19.1 Å². The van der Waals surface area contributed by atoms with Gasteiger partial charge in [-0.25, -0.2) is 4.98 Å². The van der Waals surface area contributed by atoms with Gasteiger partial charge in [0.25, 0.3) is 0 Å². The van der Waals surface area contributed by atoms with Crippen molar-refractivity contribution in [2.75, 3.05) is 0 Å². The molecule has 0 amide bonds. The van der Waals surface area contributed by atoms with Crippen LogP contribution in [0.2, 0.25) is 5.15 Å². The summed E-state index contributed by atoms with van der Waals surface area (Å²) >= 11 is 5.91. The number of imidazole rings is 1. The molecule has 1 heterocycles. The number of benzene rings is 1. The van der Waals surface area contributed by atoms with Crippen molar-refractivity contribution >= 4 is 21.7 Å². The molecule has 20 heavy (non-hydrogen) atoms. The van der Waals surface area contributed by atoms with E-state index in [0.29, 0.717) is 5.75 Å². The van der Waals surface area contributed by atoms with E-state index < -0.39 is 10.1 Å². The van der Waals surface area contributed by atoms with Crippen LogP contribution in [0.5, 0.6) is 5.75 Å². The number of halogens is 1. The molecule has 7 heteroatoms. The molecule has 0 spiro atoms. The maximum atomic E-state index is 12.2. The normalized spacial score (nSPS) is 11.7. The molecule has 0 atom stereocenters. The highest BCUT2D eigenvalue weighted by Crippen LogP contribution is 2.29. The quantitative estimate of drug-likeness (QED) is 0.817. The summed E-state index contributed by atoms with van der Waals surface area (Å²) in [5.74, 6) is 0.317. The average molecular weight is 315 g/mol. The lowest BCUT2D eigenvalue weighted by Crippen LogP contribution is -2.12. The Morgan fingerprint density at radius 2 is 1.75 bits per heavy atom. The Morgan fingerprint density at radius 3 is 2.20 bits per heavy atom. The number of aryl methyl sites for hydroxylation is 4. The van der Waals surface area contributed by atoms with Crippen LogP contribution in [-0.4, -0.2) is 18.0 Å². The van der Waals surface area contributed by atoms with Gasteiger partial charge in [-0.2, -0.15) is 8.42 Å². The molecule has 0 saturated carbocycles. The van der Waals surface area contributed by atoms with Crippen LogP contribution in [0.1, 0.15) is 16.7 Å². The van der Waals surface area contributed by atoms with E-state index in [-0.39, 0.29) is 10.2 Å². The molecular formula is C13H15ClN2O3S. The summed E-state index contributed by atoms with van der Waals surface area (Å²) in [5.41, 5.74) is 2.54. The molecule has 0 fully saturated rings. The highest BCUT2D eigenvalue weighted by atomic mass is 35.5. The fraction of sp³-hybridized carbons (Fsp3) is 0.308. The minimum atomic E-state index is -4.04. The van der Waals surface area contributed by atoms with Crippen molar-refractivity contribution in [1.82, 2.24) is 9.55 Å². The number of aromatic nitrogens is 2. The summed E-state index contributed by atoms with van der Waals surface area (Å²) < 4.78 is 31.1. The first-order valence-corrected chi connectivity index (χ1v) is 7.70. The van der Waals surface area contributed by atoms with Crippen LogP contribution in [0.15, 0.2) is 23.5 Å². The first-order valence-electron chi connectivity index (χ1n) is 5.91. The number of rotatable bonds is 3. The second kappa shape index (κ2) is 5.10. The predicted octanol–water partition coefficient (Wildman–Crippen LogP) is 2.77. The topological polar surface area (TPSA) is 61.2 Å². The molecule has 108 valence electrons. The lowest BCUT2D eigenvalue weighted by molar-refractivity contribution is 0.479. The lowest BCUT2D eigenvalue weighted by Gasteiger charge is -2.12. The summed E-state index contributed by atoms with van der Waals surface area (Å²) in [4.78, 5) is 3.78. The van der Waals surface area contributed by atoms with Crippen molar-refractivity contribution in [3.63, 3.8) is 0 Å². The van der Waals surface area contributed by atoms with Crippen molar-refractivity contribution in [2.24, 2.45) is 7.05 Å². The van der Waals surface area contributed by atoms with Gasteiger partial charge in [-0.1, -0.05) is 29.3 Å². The molecule has 0 unspecified atom stereocenters. The molecule has 0 aliphatic carbocycles. The Labute approximate surface area is 123 Å². The van der Waals surface area contributed by atoms with Crippen molar-refractivity contribution in [1.29, 1.82) is 0 Å². The van der Waals surface area contributed by atoms with E-state index in [0.717, 1.165) is 16.7 Å². The fourth-order valence-electron chi connectivity index (χ4n) is 2.01. The first-order chi connectivity index (χ1) is 9.22. The van der Waals surface area contributed by atoms with Crippen LogP contribution < -0.4 is 4.18 Å². The van der Waals surface area contributed by atoms with Crippen molar-refractivity contribution < 1.29 is 12.6 Å². The molecule has 0 N–H and O–H groups in total. The van der Waals surface area contributed by atoms with Gasteiger partial charge in [0.15, 0.2) is 5.15 Å². The van der Waals surface area contributed by atoms with Gasteiger partial charge in [-0.15, -0.1) is 0 Å². The third kappa shape index (κ3) is 2.66. The van der Waals surface area contributed by atoms with Crippen LogP contribution in [0.3, 0.4) is 0 Å². The fourth-order valence-corrected chi connectivity index (χ4v) is 3.47. The van der Waals surface area contributed by atoms with E-state index in [1.54, 1.807) is 20.9 Å². The minimum Gasteiger partial charge on any atom is -0.377 e. The molecule has 5 nitrogen and oxygen atoms in total. The Morgan fingerprint density at radius 1 is 1.20 bits per heavy atom. The predicted molar refractivity (Wildman–Crippen MR) is 76.7 cm³/mol. The van der Waals surface area contributed by atoms with Gasteiger partial charge in [0.1, 0.15) is 5.75 Å². The molecule has 1 aromatic carbocycles. The zero-order valence-corrected chi connectivity index (χ0v) is 13.2. The molecule has 1 aromatic heterocycles. The van der Waals surface area contributed by atoms with Gasteiger partial charge in [-0.05, 0) is 31.9 Å². The van der Waals surface area contributed by atoms with E-state index in [1.165, 1.54) is 10.9 Å². The smallest absolute Gasteiger partial charge is 0.360 e. The van der Waals surface area contributed by atoms with Crippen LogP contribution in [0.25, 0.3) is 0 Å². The molecule has 0 aliphatic rings. The summed E-state index contributed by atoms with van der Waals surface area (Å²) in [5, 5.41) is -0.256. The maximum absolute atomic E-state index is 12.2. The summed E-state index contributed by atoms with van der Waals surface area (Å²) in [6.45, 7) is 5.53. The molecular weight excluding hydrogens is 300 g/mol. The van der Waals surface area contributed by atoms with Crippen LogP contribution in [-0.2, 0) is 17.2 Å². The van der Waals surface area contributed by atoms with Gasteiger partial charge >= 0.3 is 10.1 Å². The summed E-state index contributed by atoms with van der Waals surface area (Å²) in [7, 11) is -2.44. The lowest BCUT2D eigenvalue weighted by atomic mass is 10.1. The zero-order valence-electron chi connectivity index (χ0n) is 11.6. The monoisotopic (exact) mass is 314 g/mol. The zero-order chi connectivity index (χ0) is 15.1. The van der Waals surface area contributed by atoms with E-state index >= 15 is 0 Å². The van der Waals surface area contributed by atoms with Crippen LogP contribution in [0.4, 0.5) is 0 Å². The standard InChI is InChI=1S/C13H15ClN2O3S/c1-8-5-9(2)11(10(3)6-8)19-20(17,18)13-12(14)16(4)7-15-13/h5-7H,1-4H3. The van der Waals surface area contributed by atoms with Gasteiger partial charge in [0.05, 0.1) is 6.33 Å². The van der Waals surface area contributed by atoms with Gasteiger partial charge in [0, 0.05) is 7.05 Å². The Bertz CT molecular complexity index is 743. The Hall–Kier alpha value is -1.53. The largest absolute Gasteiger partial charge is 0.377 e. The molecule has 2 aromatic rings. The second-order valence-corrected chi connectivity index (χ2v) is 6.54. The highest BCUT2D eigenvalue weighted by molar-refractivity contribution is 7.87. The molecule has 0 saturated heterocycles. The number of hydrogen-bond acceptors (Lipinski definition) is 4. The third-order valence-corrected chi connectivity index (χ3v) is 4.58. The SMILES string of the molecule is Cc1cc(C)c(OS(=O)(=O)c2ncn(C)c2Cl)c(C)c1. The van der Waals surface area contributed by atoms with Gasteiger partial charge in [0.2, 0.25) is 5.03 Å². The van der Waals surface area contributed by atoms with Crippen molar-refractivity contribution in [3.8, 4) is 5.75 Å². The molecule has 0 aliphatic heterocycles. The number of hydrogen-bond donors (Lipinski definition) is 0. The average Bonchev–Trinajstić information content (AvgIpc) is 2.65. The Kier molecular flexibility index (Phi) is 3.80. The van der Waals surface area contributed by atoms with E-state index in [9.17, 15) is 8.42 Å². The number of nitrogens with zero attached hydrogens (tertiary/aromatic N) is 2. The maximum Gasteiger partial charge on any atom is 0.360 e. The first kappa shape index (κ1) is 14.9. The van der Waals surface area contributed by atoms with Gasteiger partial charge < -0.3 is 8.75 Å². The van der Waals surface area contributed by atoms with Crippen molar-refractivity contribution in [3.05, 3.63) is 40.3 Å². The van der Waals surface area contributed by atoms with Crippen LogP contribution in [0, 0.1) is 20.8 Å².